The molecule has 0 aliphatic rings. The molecule has 0 bridgehead atoms. The molecule has 48 heavy (non-hydrogen) atoms. The van der Waals surface area contributed by atoms with Crippen molar-refractivity contribution in [3.05, 3.63) is 108 Å². The zero-order valence-corrected chi connectivity index (χ0v) is 26.5. The molecule has 3 aromatic heterocycles. The molecule has 3 heterocycles. The van der Waals surface area contributed by atoms with Crippen LogP contribution in [0, 0.1) is 5.41 Å². The predicted molar refractivity (Wildman–Crippen MR) is 183 cm³/mol. The van der Waals surface area contributed by atoms with Crippen LogP contribution in [0.2, 0.25) is 0 Å². The summed E-state index contributed by atoms with van der Waals surface area (Å²) in [4.78, 5) is 40.4. The van der Waals surface area contributed by atoms with Crippen LogP contribution in [0.15, 0.2) is 91.0 Å². The summed E-state index contributed by atoms with van der Waals surface area (Å²) in [5.74, 6) is -2.44. The van der Waals surface area contributed by atoms with Gasteiger partial charge in [0, 0.05) is 39.0 Å². The second kappa shape index (κ2) is 18.0. The highest BCUT2D eigenvalue weighted by molar-refractivity contribution is 5.83. The topological polar surface area (TPSA) is 220 Å². The third-order valence-corrected chi connectivity index (χ3v) is 7.54. The van der Waals surface area contributed by atoms with Crippen molar-refractivity contribution in [1.82, 2.24) is 15.0 Å². The highest BCUT2D eigenvalue weighted by Gasteiger charge is 2.24. The van der Waals surface area contributed by atoms with E-state index in [1.54, 1.807) is 0 Å². The largest absolute Gasteiger partial charge is 0.481 e. The van der Waals surface area contributed by atoms with E-state index >= 15 is 0 Å². The molecule has 0 unspecified atom stereocenters. The Labute approximate surface area is 276 Å². The van der Waals surface area contributed by atoms with Crippen molar-refractivity contribution < 1.29 is 45.0 Å². The molecule has 0 spiro atoms. The first kappa shape index (κ1) is 37.0. The summed E-state index contributed by atoms with van der Waals surface area (Å²) in [6, 6.07) is 28.8. The molecule has 12 heteroatoms. The number of H-pyrrole nitrogens is 3. The number of nitrogens with one attached hydrogen (secondary N) is 3. The molecule has 254 valence electrons. The van der Waals surface area contributed by atoms with Crippen LogP contribution in [-0.4, -0.2) is 83.3 Å². The Kier molecular flexibility index (Phi) is 13.9. The lowest BCUT2D eigenvalue weighted by Gasteiger charge is -2.24. The second-order valence-electron chi connectivity index (χ2n) is 11.2. The first-order valence-corrected chi connectivity index (χ1v) is 15.2. The van der Waals surface area contributed by atoms with Gasteiger partial charge in [0.25, 0.3) is 0 Å². The molecule has 0 aliphatic heterocycles. The minimum atomic E-state index is -0.813. The van der Waals surface area contributed by atoms with Gasteiger partial charge in [0.2, 0.25) is 0 Å². The van der Waals surface area contributed by atoms with Gasteiger partial charge in [-0.15, -0.1) is 0 Å². The molecular weight excluding hydrogens is 618 g/mol. The van der Waals surface area contributed by atoms with E-state index in [-0.39, 0.29) is 39.1 Å². The van der Waals surface area contributed by atoms with Gasteiger partial charge in [0.05, 0.1) is 39.1 Å². The number of aliphatic carboxylic acids is 3. The zero-order chi connectivity index (χ0) is 35.1. The van der Waals surface area contributed by atoms with Crippen LogP contribution in [0.4, 0.5) is 0 Å². The molecule has 9 N–H and O–H groups in total. The number of aliphatic hydroxyl groups is 3. The van der Waals surface area contributed by atoms with Crippen LogP contribution in [0.5, 0.6) is 0 Å². The summed E-state index contributed by atoms with van der Waals surface area (Å²) in [6.07, 6.45) is 0.745. The lowest BCUT2D eigenvalue weighted by atomic mass is 9.88. The smallest absolute Gasteiger partial charge is 0.309 e. The van der Waals surface area contributed by atoms with Crippen molar-refractivity contribution in [1.29, 1.82) is 0 Å². The van der Waals surface area contributed by atoms with Crippen molar-refractivity contribution in [2.45, 2.75) is 32.6 Å². The number of carbonyl (C=O) groups is 3. The van der Waals surface area contributed by atoms with E-state index in [0.29, 0.717) is 6.42 Å². The van der Waals surface area contributed by atoms with Gasteiger partial charge >= 0.3 is 17.9 Å². The Balaban J connectivity index is 0.000000176. The normalized spacial score (nSPS) is 10.8. The van der Waals surface area contributed by atoms with Crippen molar-refractivity contribution in [2.24, 2.45) is 5.41 Å². The number of carboxylic acid groups (broad SMARTS) is 3. The van der Waals surface area contributed by atoms with Crippen LogP contribution in [0.1, 0.15) is 30.4 Å². The number of fused-ring (bicyclic) bond motifs is 3. The highest BCUT2D eigenvalue weighted by Crippen LogP contribution is 2.19. The van der Waals surface area contributed by atoms with Gasteiger partial charge in [0.15, 0.2) is 0 Å². The Hall–Kier alpha value is -5.43. The van der Waals surface area contributed by atoms with Gasteiger partial charge in [-0.1, -0.05) is 61.5 Å². The average molecular weight is 660 g/mol. The maximum atomic E-state index is 10.4. The molecule has 6 aromatic rings. The highest BCUT2D eigenvalue weighted by atomic mass is 16.4. The van der Waals surface area contributed by atoms with Crippen LogP contribution >= 0.6 is 0 Å². The first-order chi connectivity index (χ1) is 23.0. The second-order valence-corrected chi connectivity index (χ2v) is 11.2. The molecule has 12 nitrogen and oxygen atoms in total. The van der Waals surface area contributed by atoms with Gasteiger partial charge in [-0.05, 0) is 59.0 Å². The fourth-order valence-electron chi connectivity index (χ4n) is 4.66. The molecule has 0 fully saturated rings. The summed E-state index contributed by atoms with van der Waals surface area (Å²) in [5.41, 5.74) is 4.52. The zero-order valence-electron chi connectivity index (χ0n) is 26.5. The minimum absolute atomic E-state index is 0.0503. The van der Waals surface area contributed by atoms with Crippen LogP contribution in [-0.2, 0) is 33.6 Å². The predicted octanol–water partition coefficient (Wildman–Crippen LogP) is 4.74. The van der Waals surface area contributed by atoms with E-state index in [1.165, 1.54) is 0 Å². The molecule has 0 atom stereocenters. The average Bonchev–Trinajstić information content (AvgIpc) is 3.78. The quantitative estimate of drug-likeness (QED) is 0.0989. The van der Waals surface area contributed by atoms with E-state index in [4.69, 9.17) is 30.6 Å². The summed E-state index contributed by atoms with van der Waals surface area (Å²) in [5, 5.41) is 54.8. The summed E-state index contributed by atoms with van der Waals surface area (Å²) in [7, 11) is 0. The number of carboxylic acids is 3. The summed E-state index contributed by atoms with van der Waals surface area (Å²) >= 11 is 0. The van der Waals surface area contributed by atoms with Gasteiger partial charge < -0.3 is 45.6 Å². The number of benzene rings is 3. The number of hydrogen-bond donors (Lipinski definition) is 9. The number of para-hydroxylation sites is 3. The van der Waals surface area contributed by atoms with Crippen molar-refractivity contribution in [3.8, 4) is 0 Å². The van der Waals surface area contributed by atoms with Crippen LogP contribution in [0.3, 0.4) is 0 Å². The van der Waals surface area contributed by atoms with Crippen molar-refractivity contribution >= 4 is 50.6 Å². The molecule has 3 aromatic carbocycles. The van der Waals surface area contributed by atoms with Gasteiger partial charge in [-0.3, -0.25) is 14.4 Å². The fourth-order valence-corrected chi connectivity index (χ4v) is 4.66. The Morgan fingerprint density at radius 3 is 0.979 bits per heavy atom. The molecule has 0 aliphatic carbocycles. The molecule has 6 rings (SSSR count). The number of rotatable bonds is 10. The van der Waals surface area contributed by atoms with E-state index in [0.717, 1.165) is 49.8 Å². The van der Waals surface area contributed by atoms with E-state index in [1.807, 2.05) is 97.9 Å². The fraction of sp³-hybridized carbons (Fsp3) is 0.250. The number of aromatic amines is 3. The van der Waals surface area contributed by atoms with E-state index < -0.39 is 23.3 Å². The lowest BCUT2D eigenvalue weighted by molar-refractivity contribution is -0.137. The standard InChI is InChI=1S/3C10H9NO2.C6H14O3/c3*12-10(13)6-8-5-7-3-1-2-4-9(7)11-8;1-2-6(3-7,4-8)5-9/h3*1-5,11H,6H2,(H,12,13);7-9H,2-5H2,1H3. The molecule has 0 amide bonds. The third-order valence-electron chi connectivity index (χ3n) is 7.54. The minimum Gasteiger partial charge on any atom is -0.481 e. The van der Waals surface area contributed by atoms with Crippen LogP contribution < -0.4 is 0 Å². The van der Waals surface area contributed by atoms with Crippen LogP contribution in [0.25, 0.3) is 32.7 Å². The maximum absolute atomic E-state index is 10.4. The van der Waals surface area contributed by atoms with Crippen molar-refractivity contribution in [3.63, 3.8) is 0 Å². The summed E-state index contributed by atoms with van der Waals surface area (Å²) in [6.45, 7) is 1.35. The van der Waals surface area contributed by atoms with Gasteiger partial charge in [-0.2, -0.15) is 0 Å². The maximum Gasteiger partial charge on any atom is 0.309 e. The lowest BCUT2D eigenvalue weighted by Crippen LogP contribution is -2.32. The molecule has 0 radical (unpaired) electrons. The monoisotopic (exact) mass is 659 g/mol. The first-order valence-electron chi connectivity index (χ1n) is 15.2. The SMILES string of the molecule is CCC(CO)(CO)CO.O=C(O)Cc1cc2ccccc2[nH]1.O=C(O)Cc1cc2ccccc2[nH]1.O=C(O)Cc1cc2ccccc2[nH]1. The molecule has 0 saturated carbocycles. The van der Waals surface area contributed by atoms with Crippen molar-refractivity contribution in [2.75, 3.05) is 19.8 Å². The van der Waals surface area contributed by atoms with E-state index in [2.05, 4.69) is 15.0 Å². The van der Waals surface area contributed by atoms with Gasteiger partial charge in [0.1, 0.15) is 0 Å². The Bertz CT molecular complexity index is 1600. The van der Waals surface area contributed by atoms with Gasteiger partial charge in [-0.25, -0.2) is 0 Å². The Morgan fingerprint density at radius 2 is 0.792 bits per heavy atom. The van der Waals surface area contributed by atoms with E-state index in [9.17, 15) is 14.4 Å². The summed E-state index contributed by atoms with van der Waals surface area (Å²) < 4.78 is 0. The molecular formula is C36H41N3O9. The number of aromatic nitrogens is 3. The molecule has 0 saturated heterocycles. The third kappa shape index (κ3) is 11.1. The number of aliphatic hydroxyl groups excluding tert-OH is 3. The number of hydrogen-bond acceptors (Lipinski definition) is 6. The Morgan fingerprint density at radius 1 is 0.521 bits per heavy atom.